The van der Waals surface area contributed by atoms with E-state index in [0.717, 1.165) is 50.3 Å². The molecule has 0 atom stereocenters. The average molecular weight is 372 g/mol. The second-order valence-electron chi connectivity index (χ2n) is 6.44. The van der Waals surface area contributed by atoms with Crippen LogP contribution in [0.5, 0.6) is 5.75 Å². The lowest BCUT2D eigenvalue weighted by Gasteiger charge is -2.42. The number of hydrogen-bond acceptors (Lipinski definition) is 4. The van der Waals surface area contributed by atoms with Crippen LogP contribution < -0.4 is 10.1 Å². The molecule has 0 aliphatic carbocycles. The Hall–Kier alpha value is -0.990. The molecule has 24 heavy (non-hydrogen) atoms. The van der Waals surface area contributed by atoms with Crippen molar-refractivity contribution in [2.75, 3.05) is 33.3 Å². The molecule has 2 aliphatic rings. The Bertz CT molecular complexity index is 547. The first kappa shape index (κ1) is 21.1. The van der Waals surface area contributed by atoms with Crippen molar-refractivity contribution in [3.8, 4) is 11.8 Å². The summed E-state index contributed by atoms with van der Waals surface area (Å²) >= 11 is 0. The van der Waals surface area contributed by atoms with Crippen LogP contribution in [-0.4, -0.2) is 44.2 Å². The van der Waals surface area contributed by atoms with Gasteiger partial charge < -0.3 is 15.0 Å². The fourth-order valence-electron chi connectivity index (χ4n) is 3.83. The molecule has 0 saturated carbocycles. The highest BCUT2D eigenvalue weighted by atomic mass is 35.5. The van der Waals surface area contributed by atoms with Gasteiger partial charge in [0, 0.05) is 19.1 Å². The van der Waals surface area contributed by atoms with Crippen molar-refractivity contribution in [3.63, 3.8) is 0 Å². The largest absolute Gasteiger partial charge is 0.497 e. The van der Waals surface area contributed by atoms with E-state index in [1.165, 1.54) is 12.8 Å². The molecule has 2 heterocycles. The standard InChI is InChI=1S/C18H25N3O.2ClH/c1-22-17-4-2-3-15(13-17)18(14-19)7-11-21(12-8-18)16-5-9-20-10-6-16;;/h2-4,13,16,20H,5-12H2,1H3;2*1H. The van der Waals surface area contributed by atoms with E-state index in [0.29, 0.717) is 6.04 Å². The quantitative estimate of drug-likeness (QED) is 0.886. The highest BCUT2D eigenvalue weighted by molar-refractivity contribution is 5.85. The fraction of sp³-hybridized carbons (Fsp3) is 0.611. The zero-order valence-corrected chi connectivity index (χ0v) is 15.8. The molecule has 2 saturated heterocycles. The molecule has 0 aromatic heterocycles. The topological polar surface area (TPSA) is 48.3 Å². The van der Waals surface area contributed by atoms with Crippen molar-refractivity contribution >= 4 is 24.8 Å². The van der Waals surface area contributed by atoms with Crippen LogP contribution >= 0.6 is 24.8 Å². The second kappa shape index (κ2) is 9.48. The molecule has 0 amide bonds. The highest BCUT2D eigenvalue weighted by Gasteiger charge is 2.38. The van der Waals surface area contributed by atoms with Crippen molar-refractivity contribution in [2.24, 2.45) is 0 Å². The van der Waals surface area contributed by atoms with E-state index < -0.39 is 0 Å². The minimum atomic E-state index is -0.349. The maximum Gasteiger partial charge on any atom is 0.119 e. The lowest BCUT2D eigenvalue weighted by molar-refractivity contribution is 0.112. The Morgan fingerprint density at radius 3 is 2.46 bits per heavy atom. The van der Waals surface area contributed by atoms with Crippen LogP contribution in [0.3, 0.4) is 0 Å². The molecular weight excluding hydrogens is 345 g/mol. The van der Waals surface area contributed by atoms with E-state index in [4.69, 9.17) is 4.74 Å². The molecular formula is C18H27Cl2N3O. The van der Waals surface area contributed by atoms with Gasteiger partial charge in [-0.05, 0) is 56.5 Å². The monoisotopic (exact) mass is 371 g/mol. The minimum absolute atomic E-state index is 0. The number of nitriles is 1. The Labute approximate surface area is 157 Å². The number of ether oxygens (including phenoxy) is 1. The van der Waals surface area contributed by atoms with E-state index in [1.54, 1.807) is 7.11 Å². The summed E-state index contributed by atoms with van der Waals surface area (Å²) in [7, 11) is 1.68. The highest BCUT2D eigenvalue weighted by Crippen LogP contribution is 2.37. The van der Waals surface area contributed by atoms with Gasteiger partial charge in [0.1, 0.15) is 5.75 Å². The van der Waals surface area contributed by atoms with E-state index in [1.807, 2.05) is 18.2 Å². The number of piperidine rings is 2. The number of nitrogens with one attached hydrogen (secondary N) is 1. The second-order valence-corrected chi connectivity index (χ2v) is 6.44. The summed E-state index contributed by atoms with van der Waals surface area (Å²) < 4.78 is 5.32. The molecule has 134 valence electrons. The van der Waals surface area contributed by atoms with Crippen molar-refractivity contribution in [3.05, 3.63) is 29.8 Å². The van der Waals surface area contributed by atoms with Crippen LogP contribution in [-0.2, 0) is 5.41 Å². The molecule has 3 rings (SSSR count). The van der Waals surface area contributed by atoms with Crippen LogP contribution in [0, 0.1) is 11.3 Å². The summed E-state index contributed by atoms with van der Waals surface area (Å²) in [4.78, 5) is 2.59. The SMILES string of the molecule is COc1cccc(C2(C#N)CCN(C3CCNCC3)CC2)c1.Cl.Cl. The molecule has 1 N–H and O–H groups in total. The third-order valence-electron chi connectivity index (χ3n) is 5.31. The number of methoxy groups -OCH3 is 1. The number of nitrogens with zero attached hydrogens (tertiary/aromatic N) is 2. The number of likely N-dealkylation sites (tertiary alicyclic amines) is 1. The van der Waals surface area contributed by atoms with Crippen LogP contribution in [0.2, 0.25) is 0 Å². The van der Waals surface area contributed by atoms with Crippen LogP contribution in [0.15, 0.2) is 24.3 Å². The molecule has 0 bridgehead atoms. The van der Waals surface area contributed by atoms with Gasteiger partial charge >= 0.3 is 0 Å². The third kappa shape index (κ3) is 4.34. The summed E-state index contributed by atoms with van der Waals surface area (Å²) in [6.45, 7) is 4.30. The molecule has 0 spiro atoms. The molecule has 2 aliphatic heterocycles. The van der Waals surface area contributed by atoms with Crippen molar-refractivity contribution in [2.45, 2.75) is 37.1 Å². The smallest absolute Gasteiger partial charge is 0.119 e. The van der Waals surface area contributed by atoms with Crippen LogP contribution in [0.25, 0.3) is 0 Å². The van der Waals surface area contributed by atoms with Gasteiger partial charge in [0.05, 0.1) is 18.6 Å². The van der Waals surface area contributed by atoms with Gasteiger partial charge in [-0.3, -0.25) is 0 Å². The van der Waals surface area contributed by atoms with E-state index >= 15 is 0 Å². The molecule has 1 aromatic rings. The van der Waals surface area contributed by atoms with Gasteiger partial charge in [-0.2, -0.15) is 5.26 Å². The first-order valence-corrected chi connectivity index (χ1v) is 8.28. The van der Waals surface area contributed by atoms with Gasteiger partial charge in [0.15, 0.2) is 0 Å². The molecule has 4 nitrogen and oxygen atoms in total. The van der Waals surface area contributed by atoms with Gasteiger partial charge in [-0.25, -0.2) is 0 Å². The van der Waals surface area contributed by atoms with Crippen LogP contribution in [0.1, 0.15) is 31.2 Å². The number of hydrogen-bond donors (Lipinski definition) is 1. The Morgan fingerprint density at radius 1 is 1.21 bits per heavy atom. The Morgan fingerprint density at radius 2 is 1.88 bits per heavy atom. The molecule has 6 heteroatoms. The number of halogens is 2. The lowest BCUT2D eigenvalue weighted by atomic mass is 9.73. The summed E-state index contributed by atoms with van der Waals surface area (Å²) in [6.07, 6.45) is 4.30. The van der Waals surface area contributed by atoms with Gasteiger partial charge in [-0.15, -0.1) is 24.8 Å². The summed E-state index contributed by atoms with van der Waals surface area (Å²) in [6, 6.07) is 11.4. The first-order chi connectivity index (χ1) is 10.8. The van der Waals surface area contributed by atoms with E-state index in [-0.39, 0.29) is 30.2 Å². The third-order valence-corrected chi connectivity index (χ3v) is 5.31. The lowest BCUT2D eigenvalue weighted by Crippen LogP contribution is -2.49. The maximum atomic E-state index is 9.84. The maximum absolute atomic E-state index is 9.84. The Balaban J connectivity index is 0.00000144. The molecule has 2 fully saturated rings. The fourth-order valence-corrected chi connectivity index (χ4v) is 3.83. The summed E-state index contributed by atoms with van der Waals surface area (Å²) in [5, 5.41) is 13.3. The van der Waals surface area contributed by atoms with Crippen molar-refractivity contribution in [1.82, 2.24) is 10.2 Å². The van der Waals surface area contributed by atoms with E-state index in [9.17, 15) is 5.26 Å². The number of benzene rings is 1. The predicted molar refractivity (Wildman–Crippen MR) is 101 cm³/mol. The van der Waals surface area contributed by atoms with Crippen LogP contribution in [0.4, 0.5) is 0 Å². The predicted octanol–water partition coefficient (Wildman–Crippen LogP) is 3.15. The van der Waals surface area contributed by atoms with E-state index in [2.05, 4.69) is 22.4 Å². The number of rotatable bonds is 3. The molecule has 1 aromatic carbocycles. The molecule has 0 radical (unpaired) electrons. The summed E-state index contributed by atoms with van der Waals surface area (Å²) in [5.41, 5.74) is 0.761. The van der Waals surface area contributed by atoms with Gasteiger partial charge in [0.25, 0.3) is 0 Å². The zero-order chi connectivity index (χ0) is 15.4. The Kier molecular flexibility index (Phi) is 8.32. The first-order valence-electron chi connectivity index (χ1n) is 8.28. The van der Waals surface area contributed by atoms with Crippen molar-refractivity contribution < 1.29 is 4.74 Å². The average Bonchev–Trinajstić information content (AvgIpc) is 2.62. The molecule has 0 unspecified atom stereocenters. The minimum Gasteiger partial charge on any atom is -0.497 e. The van der Waals surface area contributed by atoms with Gasteiger partial charge in [0.2, 0.25) is 0 Å². The summed E-state index contributed by atoms with van der Waals surface area (Å²) in [5.74, 6) is 0.841. The normalized spacial score (nSPS) is 21.0. The van der Waals surface area contributed by atoms with Crippen molar-refractivity contribution in [1.29, 1.82) is 5.26 Å². The zero-order valence-electron chi connectivity index (χ0n) is 14.2. The van der Waals surface area contributed by atoms with Gasteiger partial charge in [-0.1, -0.05) is 12.1 Å².